The van der Waals surface area contributed by atoms with Gasteiger partial charge in [0.1, 0.15) is 0 Å². The Bertz CT molecular complexity index is 6040. The maximum Gasteiger partial charge on any atom is 0.0702 e. The first kappa shape index (κ1) is 76.1. The highest BCUT2D eigenvalue weighted by molar-refractivity contribution is 6.19. The second-order valence-corrected chi connectivity index (χ2v) is 33.1. The molecule has 0 fully saturated rings. The lowest BCUT2D eigenvalue weighted by atomic mass is 9.87. The van der Waals surface area contributed by atoms with Crippen molar-refractivity contribution in [2.24, 2.45) is 0 Å². The maximum atomic E-state index is 2.43. The van der Waals surface area contributed by atoms with Gasteiger partial charge in [0.05, 0.1) is 33.1 Å². The zero-order valence-corrected chi connectivity index (χ0v) is 67.2. The van der Waals surface area contributed by atoms with Crippen molar-refractivity contribution in [3.63, 3.8) is 0 Å². The van der Waals surface area contributed by atoms with Gasteiger partial charge in [0, 0.05) is 74.1 Å². The van der Waals surface area contributed by atoms with Crippen molar-refractivity contribution in [1.82, 2.24) is 13.7 Å². The van der Waals surface area contributed by atoms with Crippen LogP contribution in [0.2, 0.25) is 0 Å². The van der Waals surface area contributed by atoms with Crippen molar-refractivity contribution in [2.75, 3.05) is 16.8 Å². The summed E-state index contributed by atoms with van der Waals surface area (Å²) in [5.41, 5.74) is 22.4. The molecule has 0 saturated heterocycles. The summed E-state index contributed by atoms with van der Waals surface area (Å²) in [6.07, 6.45) is 0. The summed E-state index contributed by atoms with van der Waals surface area (Å²) in [7, 11) is 2.10. The second-order valence-electron chi connectivity index (χ2n) is 33.1. The highest BCUT2D eigenvalue weighted by atomic mass is 15.1. The number of hydrogen-bond donors (Lipinski definition) is 0. The number of rotatable bonds is 8. The quantitative estimate of drug-likeness (QED) is 0.151. The molecule has 0 spiro atoms. The predicted molar refractivity (Wildman–Crippen MR) is 486 cm³/mol. The van der Waals surface area contributed by atoms with Crippen molar-refractivity contribution in [3.05, 3.63) is 411 Å². The van der Waals surface area contributed by atoms with Gasteiger partial charge < -0.3 is 23.5 Å². The van der Waals surface area contributed by atoms with E-state index in [0.29, 0.717) is 0 Å². The fourth-order valence-corrected chi connectivity index (χ4v) is 15.1. The average molecular weight is 1460 g/mol. The maximum absolute atomic E-state index is 2.43. The molecule has 2 heterocycles. The van der Waals surface area contributed by atoms with Crippen LogP contribution in [-0.4, -0.2) is 20.7 Å². The van der Waals surface area contributed by atoms with Crippen LogP contribution in [0.25, 0.3) is 93.3 Å². The first-order chi connectivity index (χ1) is 54.1. The smallest absolute Gasteiger partial charge is 0.0702 e. The van der Waals surface area contributed by atoms with Crippen molar-refractivity contribution in [1.29, 1.82) is 0 Å². The lowest BCUT2D eigenvalue weighted by molar-refractivity contribution is 0.590. The number of anilines is 5. The molecule has 5 nitrogen and oxygen atoms in total. The molecule has 0 amide bonds. The van der Waals surface area contributed by atoms with Crippen LogP contribution in [0.1, 0.15) is 105 Å². The molecule has 0 aliphatic rings. The Morgan fingerprint density at radius 1 is 0.170 bits per heavy atom. The van der Waals surface area contributed by atoms with E-state index in [0.717, 1.165) is 28.1 Å². The fourth-order valence-electron chi connectivity index (χ4n) is 15.1. The molecule has 556 valence electrons. The number of benzene rings is 15. The molecule has 0 bridgehead atoms. The third-order valence-electron chi connectivity index (χ3n) is 21.2. The van der Waals surface area contributed by atoms with Gasteiger partial charge in [-0.05, 0) is 199 Å². The van der Waals surface area contributed by atoms with Crippen LogP contribution in [0.3, 0.4) is 0 Å². The minimum atomic E-state index is 0.105. The summed E-state index contributed by atoms with van der Waals surface area (Å²) >= 11 is 0. The van der Waals surface area contributed by atoms with Crippen molar-refractivity contribution < 1.29 is 0 Å². The molecule has 0 radical (unpaired) electrons. The highest BCUT2D eigenvalue weighted by Crippen LogP contribution is 2.40. The Kier molecular flexibility index (Phi) is 22.3. The van der Waals surface area contributed by atoms with Crippen molar-refractivity contribution in [3.8, 4) is 17.1 Å². The largest absolute Gasteiger partial charge is 0.345 e. The van der Waals surface area contributed by atoms with E-state index in [-0.39, 0.29) is 21.7 Å². The normalized spacial score (nSPS) is 11.6. The van der Waals surface area contributed by atoms with Crippen LogP contribution in [0.4, 0.5) is 28.4 Å². The molecule has 0 saturated carbocycles. The molecule has 0 atom stereocenters. The lowest BCUT2D eigenvalue weighted by Gasteiger charge is -2.26. The molecule has 0 aliphatic heterocycles. The van der Waals surface area contributed by atoms with Gasteiger partial charge in [0.15, 0.2) is 0 Å². The van der Waals surface area contributed by atoms with E-state index >= 15 is 0 Å². The number of fused-ring (bicyclic) bond motifs is 11. The van der Waals surface area contributed by atoms with Crippen LogP contribution in [0.5, 0.6) is 0 Å². The summed E-state index contributed by atoms with van der Waals surface area (Å²) in [6, 6.07) is 139. The molecular weight excluding hydrogens is 1360 g/mol. The van der Waals surface area contributed by atoms with Crippen LogP contribution in [-0.2, 0) is 21.7 Å². The van der Waals surface area contributed by atoms with Crippen LogP contribution >= 0.6 is 0 Å². The second kappa shape index (κ2) is 32.9. The Balaban J connectivity index is 0.000000128. The van der Waals surface area contributed by atoms with E-state index in [9.17, 15) is 0 Å². The molecule has 5 heteroatoms. The summed E-state index contributed by atoms with van der Waals surface area (Å²) in [5, 5.41) is 9.90. The fraction of sp³-hybridized carbons (Fsp3) is 0.159. The molecule has 17 aromatic rings. The topological polar surface area (TPSA) is 21.3 Å². The van der Waals surface area contributed by atoms with Crippen LogP contribution in [0.15, 0.2) is 388 Å². The number of para-hydroxylation sites is 10. The van der Waals surface area contributed by atoms with E-state index in [1.54, 1.807) is 0 Å². The number of hydrogen-bond acceptors (Lipinski definition) is 2. The number of nitrogens with zero attached hydrogens (tertiary/aromatic N) is 5. The lowest BCUT2D eigenvalue weighted by Crippen LogP contribution is -2.13. The average Bonchev–Trinajstić information content (AvgIpc) is 1.63. The Morgan fingerprint density at radius 2 is 0.357 bits per heavy atom. The summed E-state index contributed by atoms with van der Waals surface area (Å²) in [6.45, 7) is 27.0. The first-order valence-corrected chi connectivity index (χ1v) is 39.3. The van der Waals surface area contributed by atoms with E-state index in [2.05, 4.69) is 496 Å². The molecule has 112 heavy (non-hydrogen) atoms. The summed E-state index contributed by atoms with van der Waals surface area (Å²) in [4.78, 5) is 4.48. The zero-order valence-electron chi connectivity index (χ0n) is 67.2. The molecular formula is C107H103N5. The van der Waals surface area contributed by atoms with E-state index in [4.69, 9.17) is 0 Å². The van der Waals surface area contributed by atoms with Gasteiger partial charge in [0.25, 0.3) is 0 Å². The molecule has 15 aromatic carbocycles. The molecule has 17 rings (SSSR count). The van der Waals surface area contributed by atoms with Gasteiger partial charge in [-0.1, -0.05) is 338 Å². The molecule has 2 aromatic heterocycles. The van der Waals surface area contributed by atoms with Gasteiger partial charge in [-0.15, -0.1) is 0 Å². The van der Waals surface area contributed by atoms with Gasteiger partial charge in [-0.2, -0.15) is 0 Å². The van der Waals surface area contributed by atoms with E-state index in [1.807, 2.05) is 6.07 Å². The molecule has 0 aliphatic carbocycles. The van der Waals surface area contributed by atoms with Gasteiger partial charge in [-0.3, -0.25) is 0 Å². The number of aromatic nitrogens is 3. The first-order valence-electron chi connectivity index (χ1n) is 39.3. The van der Waals surface area contributed by atoms with Gasteiger partial charge in [0.2, 0.25) is 0 Å². The summed E-state index contributed by atoms with van der Waals surface area (Å²) < 4.78 is 7.22. The highest BCUT2D eigenvalue weighted by Gasteiger charge is 2.21. The minimum Gasteiger partial charge on any atom is -0.345 e. The third-order valence-corrected chi connectivity index (χ3v) is 21.2. The SMILES string of the molecule is CC(C)(C)c1ccc(-n2c3ccccc3c3ccccc3c3ccccc3c3ccccc32)cc1.CC(C)(C)c1ccc(-n2c3ccccc3c3ccccc3n(-c3ccccc3)c3ccccc32)cc1.CC(C)(C)c1ccc(N(c2ccccc2)c2ccccc2)cc1.CN(c1ccccc1)c1ccc(C(C)(C)C)cc1. The van der Waals surface area contributed by atoms with E-state index in [1.165, 1.54) is 116 Å². The predicted octanol–water partition coefficient (Wildman–Crippen LogP) is 29.9. The van der Waals surface area contributed by atoms with E-state index < -0.39 is 0 Å². The Labute approximate surface area is 663 Å². The zero-order chi connectivity index (χ0) is 78.2. The van der Waals surface area contributed by atoms with Crippen molar-refractivity contribution in [2.45, 2.75) is 105 Å². The van der Waals surface area contributed by atoms with Crippen LogP contribution < -0.4 is 9.80 Å². The summed E-state index contributed by atoms with van der Waals surface area (Å²) in [5.74, 6) is 0. The molecule has 0 unspecified atom stereocenters. The minimum absolute atomic E-state index is 0.105. The Morgan fingerprint density at radius 3 is 0.661 bits per heavy atom. The Hall–Kier alpha value is -12.7. The monoisotopic (exact) mass is 1460 g/mol. The standard InChI is InChI=1S/C34H30N2.C34H29N.C22H23N.C17H21N/c1-34(2,3)25-21-23-27(24-22-25)36-31-18-10-8-16-29(31)28-15-7-9-17-30(28)35(26-13-5-4-6-14-26)32-19-11-12-20-33(32)36;1-34(2,3)24-20-22-25(23-21-24)35-32-18-10-8-16-30(32)28-14-6-4-12-26(28)27-13-5-7-15-29(27)31-17-9-11-19-33(31)35;1-22(2,3)18-14-16-21(17-15-18)23(19-10-6-4-7-11-19)20-12-8-5-9-13-20;1-17(2,3)14-10-12-16(13-11-14)18(4)15-8-6-5-7-9-15/h4-24H,1-3H3;4-23H,1-3H3;4-17H,1-3H3;5-13H,1-4H3. The van der Waals surface area contributed by atoms with Crippen molar-refractivity contribution >= 4 is 105 Å². The molecule has 0 N–H and O–H groups in total. The van der Waals surface area contributed by atoms with Gasteiger partial charge in [-0.25, -0.2) is 0 Å². The van der Waals surface area contributed by atoms with Gasteiger partial charge >= 0.3 is 0 Å². The third kappa shape index (κ3) is 16.7. The van der Waals surface area contributed by atoms with Crippen LogP contribution in [0, 0.1) is 0 Å².